The molecule has 0 aliphatic carbocycles. The van der Waals surface area contributed by atoms with E-state index >= 15 is 0 Å². The van der Waals surface area contributed by atoms with E-state index in [4.69, 9.17) is 0 Å². The van der Waals surface area contributed by atoms with E-state index in [1.807, 2.05) is 12.1 Å². The molecule has 15 heavy (non-hydrogen) atoms. The Hall–Kier alpha value is -1.22. The van der Waals surface area contributed by atoms with E-state index in [1.54, 1.807) is 18.5 Å². The van der Waals surface area contributed by atoms with E-state index in [0.29, 0.717) is 0 Å². The molecule has 0 unspecified atom stereocenters. The molecule has 1 aromatic carbocycles. The SMILES string of the molecule is Fc1cccc(-c2cncc(CBr)c2)c1. The zero-order valence-electron chi connectivity index (χ0n) is 7.95. The van der Waals surface area contributed by atoms with E-state index in [9.17, 15) is 4.39 Å². The summed E-state index contributed by atoms with van der Waals surface area (Å²) in [7, 11) is 0. The van der Waals surface area contributed by atoms with Crippen LogP contribution in [0.1, 0.15) is 5.56 Å². The van der Waals surface area contributed by atoms with Gasteiger partial charge in [-0.1, -0.05) is 28.1 Å². The lowest BCUT2D eigenvalue weighted by Gasteiger charge is -2.02. The van der Waals surface area contributed by atoms with E-state index in [1.165, 1.54) is 12.1 Å². The smallest absolute Gasteiger partial charge is 0.123 e. The molecule has 1 heterocycles. The predicted octanol–water partition coefficient (Wildman–Crippen LogP) is 3.78. The molecule has 0 atom stereocenters. The molecule has 0 amide bonds. The summed E-state index contributed by atoms with van der Waals surface area (Å²) in [5.41, 5.74) is 2.87. The van der Waals surface area contributed by atoms with Crippen LogP contribution in [0.4, 0.5) is 4.39 Å². The number of benzene rings is 1. The second-order valence-electron chi connectivity index (χ2n) is 3.23. The summed E-state index contributed by atoms with van der Waals surface area (Å²) in [6.45, 7) is 0. The van der Waals surface area contributed by atoms with Gasteiger partial charge in [0.25, 0.3) is 0 Å². The van der Waals surface area contributed by atoms with Crippen molar-refractivity contribution in [2.45, 2.75) is 5.33 Å². The van der Waals surface area contributed by atoms with Crippen molar-refractivity contribution in [2.75, 3.05) is 0 Å². The third-order valence-corrected chi connectivity index (χ3v) is 2.75. The number of pyridine rings is 1. The monoisotopic (exact) mass is 265 g/mol. The minimum atomic E-state index is -0.225. The molecule has 0 fully saturated rings. The van der Waals surface area contributed by atoms with E-state index in [0.717, 1.165) is 22.0 Å². The van der Waals surface area contributed by atoms with Crippen LogP contribution in [-0.4, -0.2) is 4.98 Å². The minimum absolute atomic E-state index is 0.225. The Balaban J connectivity index is 2.44. The molecule has 0 bridgehead atoms. The lowest BCUT2D eigenvalue weighted by Crippen LogP contribution is -1.85. The molecular weight excluding hydrogens is 257 g/mol. The Morgan fingerprint density at radius 2 is 2.00 bits per heavy atom. The molecule has 3 heteroatoms. The number of rotatable bonds is 2. The van der Waals surface area contributed by atoms with Gasteiger partial charge in [0.05, 0.1) is 0 Å². The second-order valence-corrected chi connectivity index (χ2v) is 3.79. The summed E-state index contributed by atoms with van der Waals surface area (Å²) in [5.74, 6) is -0.225. The maximum absolute atomic E-state index is 13.0. The van der Waals surface area contributed by atoms with Crippen molar-refractivity contribution < 1.29 is 4.39 Å². The normalized spacial score (nSPS) is 10.3. The van der Waals surface area contributed by atoms with Crippen LogP contribution in [0.3, 0.4) is 0 Å². The fourth-order valence-corrected chi connectivity index (χ4v) is 1.69. The van der Waals surface area contributed by atoms with Crippen molar-refractivity contribution in [3.05, 3.63) is 54.1 Å². The first kappa shape index (κ1) is 10.3. The molecule has 2 aromatic rings. The quantitative estimate of drug-likeness (QED) is 0.754. The van der Waals surface area contributed by atoms with Gasteiger partial charge in [-0.3, -0.25) is 4.98 Å². The van der Waals surface area contributed by atoms with Crippen LogP contribution in [-0.2, 0) is 5.33 Å². The van der Waals surface area contributed by atoms with Crippen molar-refractivity contribution >= 4 is 15.9 Å². The topological polar surface area (TPSA) is 12.9 Å². The van der Waals surface area contributed by atoms with Gasteiger partial charge in [-0.2, -0.15) is 0 Å². The van der Waals surface area contributed by atoms with Crippen LogP contribution in [0, 0.1) is 5.82 Å². The fraction of sp³-hybridized carbons (Fsp3) is 0.0833. The number of nitrogens with zero attached hydrogens (tertiary/aromatic N) is 1. The molecule has 0 saturated carbocycles. The number of hydrogen-bond acceptors (Lipinski definition) is 1. The number of halogens is 2. The van der Waals surface area contributed by atoms with Gasteiger partial charge < -0.3 is 0 Å². The summed E-state index contributed by atoms with van der Waals surface area (Å²) < 4.78 is 13.0. The largest absolute Gasteiger partial charge is 0.264 e. The maximum Gasteiger partial charge on any atom is 0.123 e. The van der Waals surface area contributed by atoms with E-state index < -0.39 is 0 Å². The Morgan fingerprint density at radius 1 is 1.13 bits per heavy atom. The summed E-state index contributed by atoms with van der Waals surface area (Å²) in [6, 6.07) is 8.51. The summed E-state index contributed by atoms with van der Waals surface area (Å²) in [5, 5.41) is 0.753. The number of aromatic nitrogens is 1. The molecule has 0 saturated heterocycles. The zero-order chi connectivity index (χ0) is 10.7. The summed E-state index contributed by atoms with van der Waals surface area (Å²) >= 11 is 3.36. The van der Waals surface area contributed by atoms with Gasteiger partial charge in [0.1, 0.15) is 5.82 Å². The average Bonchev–Trinajstić information content (AvgIpc) is 2.29. The predicted molar refractivity (Wildman–Crippen MR) is 62.3 cm³/mol. The minimum Gasteiger partial charge on any atom is -0.264 e. The maximum atomic E-state index is 13.0. The van der Waals surface area contributed by atoms with Crippen LogP contribution in [0.15, 0.2) is 42.7 Å². The van der Waals surface area contributed by atoms with Gasteiger partial charge in [0, 0.05) is 23.3 Å². The van der Waals surface area contributed by atoms with Crippen LogP contribution >= 0.6 is 15.9 Å². The van der Waals surface area contributed by atoms with Gasteiger partial charge in [-0.05, 0) is 29.3 Å². The van der Waals surface area contributed by atoms with Crippen molar-refractivity contribution in [3.8, 4) is 11.1 Å². The first-order chi connectivity index (χ1) is 7.29. The van der Waals surface area contributed by atoms with Crippen LogP contribution < -0.4 is 0 Å². The molecule has 76 valence electrons. The third kappa shape index (κ3) is 2.42. The molecule has 2 rings (SSSR count). The Labute approximate surface area is 96.1 Å². The molecular formula is C12H9BrFN. The second kappa shape index (κ2) is 4.53. The van der Waals surface area contributed by atoms with Crippen molar-refractivity contribution in [3.63, 3.8) is 0 Å². The molecule has 0 radical (unpaired) electrons. The van der Waals surface area contributed by atoms with Gasteiger partial charge in [-0.25, -0.2) is 4.39 Å². The lowest BCUT2D eigenvalue weighted by atomic mass is 10.1. The van der Waals surface area contributed by atoms with Gasteiger partial charge in [-0.15, -0.1) is 0 Å². The molecule has 0 spiro atoms. The molecule has 0 aliphatic heterocycles. The Morgan fingerprint density at radius 3 is 2.73 bits per heavy atom. The average molecular weight is 266 g/mol. The fourth-order valence-electron chi connectivity index (χ4n) is 1.39. The third-order valence-electron chi connectivity index (χ3n) is 2.11. The lowest BCUT2D eigenvalue weighted by molar-refractivity contribution is 0.628. The van der Waals surface area contributed by atoms with E-state index in [-0.39, 0.29) is 5.82 Å². The summed E-state index contributed by atoms with van der Waals surface area (Å²) in [4.78, 5) is 4.11. The van der Waals surface area contributed by atoms with Crippen LogP contribution in [0.5, 0.6) is 0 Å². The van der Waals surface area contributed by atoms with Crippen LogP contribution in [0.25, 0.3) is 11.1 Å². The van der Waals surface area contributed by atoms with E-state index in [2.05, 4.69) is 20.9 Å². The molecule has 1 aromatic heterocycles. The Kier molecular flexibility index (Phi) is 3.11. The van der Waals surface area contributed by atoms with Gasteiger partial charge in [0.15, 0.2) is 0 Å². The van der Waals surface area contributed by atoms with Crippen molar-refractivity contribution in [1.82, 2.24) is 4.98 Å². The highest BCUT2D eigenvalue weighted by molar-refractivity contribution is 9.08. The highest BCUT2D eigenvalue weighted by Gasteiger charge is 2.00. The number of alkyl halides is 1. The highest BCUT2D eigenvalue weighted by atomic mass is 79.9. The highest BCUT2D eigenvalue weighted by Crippen LogP contribution is 2.20. The summed E-state index contributed by atoms with van der Waals surface area (Å²) in [6.07, 6.45) is 3.53. The first-order valence-electron chi connectivity index (χ1n) is 4.55. The van der Waals surface area contributed by atoms with Gasteiger partial charge >= 0.3 is 0 Å². The first-order valence-corrected chi connectivity index (χ1v) is 5.67. The number of hydrogen-bond donors (Lipinski definition) is 0. The van der Waals surface area contributed by atoms with Crippen LogP contribution in [0.2, 0.25) is 0 Å². The Bertz CT molecular complexity index is 471. The van der Waals surface area contributed by atoms with Crippen molar-refractivity contribution in [1.29, 1.82) is 0 Å². The standard InChI is InChI=1S/C12H9BrFN/c13-6-9-4-11(8-15-7-9)10-2-1-3-12(14)5-10/h1-5,7-8H,6H2. The molecule has 1 nitrogen and oxygen atoms in total. The van der Waals surface area contributed by atoms with Crippen molar-refractivity contribution in [2.24, 2.45) is 0 Å². The molecule has 0 aliphatic rings. The molecule has 0 N–H and O–H groups in total. The zero-order valence-corrected chi connectivity index (χ0v) is 9.54. The van der Waals surface area contributed by atoms with Gasteiger partial charge in [0.2, 0.25) is 0 Å².